The Morgan fingerprint density at radius 3 is 3.00 bits per heavy atom. The first kappa shape index (κ1) is 16.4. The molecular formula is C18H27N3O2. The monoisotopic (exact) mass is 317 g/mol. The van der Waals surface area contributed by atoms with E-state index in [9.17, 15) is 4.79 Å². The van der Waals surface area contributed by atoms with Crippen LogP contribution in [0.4, 0.5) is 0 Å². The fourth-order valence-corrected chi connectivity index (χ4v) is 3.34. The predicted octanol–water partition coefficient (Wildman–Crippen LogP) is 1.15. The van der Waals surface area contributed by atoms with Gasteiger partial charge in [0.15, 0.2) is 0 Å². The van der Waals surface area contributed by atoms with Crippen LogP contribution in [-0.2, 0) is 16.1 Å². The zero-order chi connectivity index (χ0) is 15.9. The molecule has 2 N–H and O–H groups in total. The molecule has 2 heterocycles. The molecule has 126 valence electrons. The number of morpholine rings is 1. The van der Waals surface area contributed by atoms with Gasteiger partial charge in [-0.15, -0.1) is 0 Å². The van der Waals surface area contributed by atoms with Gasteiger partial charge in [-0.3, -0.25) is 9.69 Å². The second kappa shape index (κ2) is 8.43. The molecule has 2 aliphatic rings. The number of rotatable bonds is 6. The van der Waals surface area contributed by atoms with Crippen LogP contribution in [0.5, 0.6) is 0 Å². The van der Waals surface area contributed by atoms with Gasteiger partial charge in [-0.2, -0.15) is 0 Å². The number of carbonyl (C=O) groups is 1. The number of amides is 1. The number of nitrogens with zero attached hydrogens (tertiary/aromatic N) is 1. The van der Waals surface area contributed by atoms with Gasteiger partial charge in [-0.1, -0.05) is 30.3 Å². The summed E-state index contributed by atoms with van der Waals surface area (Å²) >= 11 is 0. The normalized spacial score (nSPS) is 25.4. The van der Waals surface area contributed by atoms with Gasteiger partial charge in [0, 0.05) is 32.2 Å². The molecule has 0 spiro atoms. The Labute approximate surface area is 138 Å². The second-order valence-corrected chi connectivity index (χ2v) is 6.51. The van der Waals surface area contributed by atoms with Crippen LogP contribution >= 0.6 is 0 Å². The summed E-state index contributed by atoms with van der Waals surface area (Å²) in [5.41, 5.74) is 1.31. The van der Waals surface area contributed by atoms with Gasteiger partial charge in [0.05, 0.1) is 19.1 Å². The van der Waals surface area contributed by atoms with Crippen molar-refractivity contribution in [2.24, 2.45) is 0 Å². The Balaban J connectivity index is 1.40. The molecule has 1 amide bonds. The molecule has 2 atom stereocenters. The van der Waals surface area contributed by atoms with Crippen LogP contribution in [0.3, 0.4) is 0 Å². The van der Waals surface area contributed by atoms with E-state index in [0.29, 0.717) is 19.1 Å². The Kier molecular flexibility index (Phi) is 6.02. The van der Waals surface area contributed by atoms with Gasteiger partial charge >= 0.3 is 0 Å². The van der Waals surface area contributed by atoms with E-state index >= 15 is 0 Å². The SMILES string of the molecule is O=C(CC1CN(Cc2ccccc2)CCO1)NCC1CCCN1. The Morgan fingerprint density at radius 1 is 1.35 bits per heavy atom. The van der Waals surface area contributed by atoms with Gasteiger partial charge in [-0.05, 0) is 24.9 Å². The second-order valence-electron chi connectivity index (χ2n) is 6.51. The molecule has 0 aromatic heterocycles. The molecule has 0 bridgehead atoms. The lowest BCUT2D eigenvalue weighted by Crippen LogP contribution is -2.45. The van der Waals surface area contributed by atoms with E-state index in [2.05, 4.69) is 39.8 Å². The van der Waals surface area contributed by atoms with Crippen LogP contribution in [-0.4, -0.2) is 55.7 Å². The molecule has 3 rings (SSSR count). The van der Waals surface area contributed by atoms with Crippen LogP contribution in [0, 0.1) is 0 Å². The summed E-state index contributed by atoms with van der Waals surface area (Å²) in [5, 5.41) is 6.43. The van der Waals surface area contributed by atoms with Crippen LogP contribution in [0.2, 0.25) is 0 Å². The largest absolute Gasteiger partial charge is 0.375 e. The van der Waals surface area contributed by atoms with E-state index in [1.54, 1.807) is 0 Å². The Morgan fingerprint density at radius 2 is 2.22 bits per heavy atom. The average molecular weight is 317 g/mol. The summed E-state index contributed by atoms with van der Waals surface area (Å²) in [7, 11) is 0. The maximum absolute atomic E-state index is 12.1. The summed E-state index contributed by atoms with van der Waals surface area (Å²) in [6.07, 6.45) is 2.83. The number of hydrogen-bond acceptors (Lipinski definition) is 4. The van der Waals surface area contributed by atoms with Crippen LogP contribution in [0.15, 0.2) is 30.3 Å². The zero-order valence-electron chi connectivity index (χ0n) is 13.7. The molecule has 23 heavy (non-hydrogen) atoms. The minimum Gasteiger partial charge on any atom is -0.375 e. The van der Waals surface area contributed by atoms with Crippen molar-refractivity contribution in [1.29, 1.82) is 0 Å². The van der Waals surface area contributed by atoms with Crippen molar-refractivity contribution >= 4 is 5.91 Å². The molecule has 1 aromatic rings. The van der Waals surface area contributed by atoms with Crippen molar-refractivity contribution in [2.75, 3.05) is 32.8 Å². The molecule has 5 heteroatoms. The average Bonchev–Trinajstić information content (AvgIpc) is 3.08. The van der Waals surface area contributed by atoms with Gasteiger partial charge in [-0.25, -0.2) is 0 Å². The van der Waals surface area contributed by atoms with Gasteiger partial charge in [0.1, 0.15) is 0 Å². The maximum atomic E-state index is 12.1. The standard InChI is InChI=1S/C18H27N3O2/c22-18(20-12-16-7-4-8-19-16)11-17-14-21(9-10-23-17)13-15-5-2-1-3-6-15/h1-3,5-6,16-17,19H,4,7-14H2,(H,20,22). The number of hydrogen-bond donors (Lipinski definition) is 2. The smallest absolute Gasteiger partial charge is 0.222 e. The van der Waals surface area contributed by atoms with E-state index in [4.69, 9.17) is 4.74 Å². The number of benzene rings is 1. The predicted molar refractivity (Wildman–Crippen MR) is 90.1 cm³/mol. The molecular weight excluding hydrogens is 290 g/mol. The van der Waals surface area contributed by atoms with Crippen molar-refractivity contribution in [3.05, 3.63) is 35.9 Å². The highest BCUT2D eigenvalue weighted by molar-refractivity contribution is 5.76. The molecule has 2 fully saturated rings. The third-order valence-electron chi connectivity index (χ3n) is 4.59. The van der Waals surface area contributed by atoms with Crippen molar-refractivity contribution in [3.8, 4) is 0 Å². The van der Waals surface area contributed by atoms with E-state index < -0.39 is 0 Å². The van der Waals surface area contributed by atoms with E-state index in [0.717, 1.165) is 39.1 Å². The van der Waals surface area contributed by atoms with E-state index in [1.807, 2.05) is 6.07 Å². The zero-order valence-corrected chi connectivity index (χ0v) is 13.7. The summed E-state index contributed by atoms with van der Waals surface area (Å²) in [4.78, 5) is 14.5. The quantitative estimate of drug-likeness (QED) is 0.826. The van der Waals surface area contributed by atoms with Gasteiger partial charge < -0.3 is 15.4 Å². The first-order valence-electron chi connectivity index (χ1n) is 8.67. The van der Waals surface area contributed by atoms with E-state index in [1.165, 1.54) is 12.0 Å². The Bertz CT molecular complexity index is 488. The summed E-state index contributed by atoms with van der Waals surface area (Å²) < 4.78 is 5.77. The highest BCUT2D eigenvalue weighted by Gasteiger charge is 2.23. The first-order chi connectivity index (χ1) is 11.3. The lowest BCUT2D eigenvalue weighted by molar-refractivity contribution is -0.126. The fraction of sp³-hybridized carbons (Fsp3) is 0.611. The molecule has 1 aromatic carbocycles. The molecule has 2 aliphatic heterocycles. The van der Waals surface area contributed by atoms with Crippen LogP contribution in [0.1, 0.15) is 24.8 Å². The van der Waals surface area contributed by atoms with Crippen LogP contribution < -0.4 is 10.6 Å². The molecule has 2 saturated heterocycles. The summed E-state index contributed by atoms with van der Waals surface area (Å²) in [6, 6.07) is 10.9. The molecule has 5 nitrogen and oxygen atoms in total. The fourth-order valence-electron chi connectivity index (χ4n) is 3.34. The third kappa shape index (κ3) is 5.30. The highest BCUT2D eigenvalue weighted by atomic mass is 16.5. The number of ether oxygens (including phenoxy) is 1. The maximum Gasteiger partial charge on any atom is 0.222 e. The molecule has 0 aliphatic carbocycles. The molecule has 0 saturated carbocycles. The minimum absolute atomic E-state index is 0.00370. The molecule has 2 unspecified atom stereocenters. The topological polar surface area (TPSA) is 53.6 Å². The number of carbonyl (C=O) groups excluding carboxylic acids is 1. The summed E-state index contributed by atoms with van der Waals surface area (Å²) in [6.45, 7) is 5.19. The minimum atomic E-state index is 0.00370. The number of nitrogens with one attached hydrogen (secondary N) is 2. The Hall–Kier alpha value is -1.43. The van der Waals surface area contributed by atoms with Crippen molar-refractivity contribution < 1.29 is 9.53 Å². The van der Waals surface area contributed by atoms with E-state index in [-0.39, 0.29) is 12.0 Å². The lowest BCUT2D eigenvalue weighted by Gasteiger charge is -2.32. The van der Waals surface area contributed by atoms with Crippen molar-refractivity contribution in [2.45, 2.75) is 38.0 Å². The van der Waals surface area contributed by atoms with Crippen molar-refractivity contribution in [3.63, 3.8) is 0 Å². The third-order valence-corrected chi connectivity index (χ3v) is 4.59. The highest BCUT2D eigenvalue weighted by Crippen LogP contribution is 2.12. The van der Waals surface area contributed by atoms with Gasteiger partial charge in [0.2, 0.25) is 5.91 Å². The first-order valence-corrected chi connectivity index (χ1v) is 8.67. The van der Waals surface area contributed by atoms with Crippen molar-refractivity contribution in [1.82, 2.24) is 15.5 Å². The lowest BCUT2D eigenvalue weighted by atomic mass is 10.1. The molecule has 0 radical (unpaired) electrons. The summed E-state index contributed by atoms with van der Waals surface area (Å²) in [5.74, 6) is 0.102. The van der Waals surface area contributed by atoms with Crippen LogP contribution in [0.25, 0.3) is 0 Å². The van der Waals surface area contributed by atoms with Gasteiger partial charge in [0.25, 0.3) is 0 Å².